The molecule has 0 bridgehead atoms. The third-order valence-corrected chi connectivity index (χ3v) is 4.82. The van der Waals surface area contributed by atoms with E-state index in [4.69, 9.17) is 0 Å². The van der Waals surface area contributed by atoms with E-state index in [1.807, 2.05) is 48.5 Å². The molecule has 4 rings (SSSR count). The van der Waals surface area contributed by atoms with Gasteiger partial charge in [-0.3, -0.25) is 4.79 Å². The molecule has 1 heterocycles. The molecule has 1 aliphatic rings. The van der Waals surface area contributed by atoms with Crippen LogP contribution >= 0.6 is 0 Å². The Hall–Kier alpha value is -3.55. The van der Waals surface area contributed by atoms with Gasteiger partial charge >= 0.3 is 0 Å². The average Bonchev–Trinajstić information content (AvgIpc) is 2.63. The minimum atomic E-state index is -0.113. The zero-order valence-corrected chi connectivity index (χ0v) is 16.2. The molecule has 0 saturated heterocycles. The molecule has 2 aromatic carbocycles. The molecular weight excluding hydrogens is 555 g/mol. The number of hydrogen-bond acceptors (Lipinski definition) is 2. The van der Waals surface area contributed by atoms with Gasteiger partial charge in [0.05, 0.1) is 0 Å². The Kier molecular flexibility index (Phi) is 4.51. The number of benzene rings is 2. The first-order chi connectivity index (χ1) is 11.8. The van der Waals surface area contributed by atoms with Gasteiger partial charge in [0.25, 0.3) is 0 Å². The number of nitrogens with one attached hydrogen (secondary N) is 1. The number of aromatic nitrogens is 1. The molecular formula is C21H21N2NoO-. The molecule has 1 saturated carbocycles. The van der Waals surface area contributed by atoms with Gasteiger partial charge in [0.1, 0.15) is 0 Å². The van der Waals surface area contributed by atoms with E-state index in [9.17, 15) is 4.79 Å². The van der Waals surface area contributed by atoms with E-state index in [0.717, 1.165) is 22.3 Å². The second-order valence-electron chi connectivity index (χ2n) is 6.47. The van der Waals surface area contributed by atoms with Crippen LogP contribution in [0, 0.1) is 6.07 Å². The van der Waals surface area contributed by atoms with E-state index in [1.54, 1.807) is 4.57 Å². The van der Waals surface area contributed by atoms with E-state index < -0.39 is 0 Å². The monoisotopic (exact) mass is 576 g/mol. The Morgan fingerprint density at radius 3 is 2.36 bits per heavy atom. The molecule has 0 spiro atoms. The number of nitrogens with zero attached hydrogens (tertiary/aromatic N) is 1. The van der Waals surface area contributed by atoms with E-state index in [2.05, 4.69) is 17.4 Å². The van der Waals surface area contributed by atoms with Gasteiger partial charge in [0.15, 0.2) is 5.56 Å². The summed E-state index contributed by atoms with van der Waals surface area (Å²) < 4.78 is 1.74. The molecule has 0 atom stereocenters. The summed E-state index contributed by atoms with van der Waals surface area (Å²) in [5, 5.41) is 4.62. The van der Waals surface area contributed by atoms with Gasteiger partial charge in [0, 0.05) is 11.7 Å². The topological polar surface area (TPSA) is 34.0 Å². The number of anilines is 1. The van der Waals surface area contributed by atoms with E-state index in [1.165, 1.54) is 32.1 Å². The first kappa shape index (κ1) is 16.3. The maximum absolute atomic E-state index is 12.8. The molecule has 1 fully saturated rings. The Morgan fingerprint density at radius 1 is 0.920 bits per heavy atom. The quantitative estimate of drug-likeness (QED) is 0.465. The molecule has 1 N–H and O–H groups in total. The Labute approximate surface area is 141 Å². The molecule has 0 aliphatic heterocycles. The van der Waals surface area contributed by atoms with E-state index >= 15 is 0 Å². The van der Waals surface area contributed by atoms with E-state index in [0.29, 0.717) is 6.04 Å². The van der Waals surface area contributed by atoms with Crippen LogP contribution in [0.25, 0.3) is 16.6 Å². The molecule has 0 unspecified atom stereocenters. The fraction of sp³-hybridized carbons (Fsp3) is 0.286. The van der Waals surface area contributed by atoms with Crippen molar-refractivity contribution >= 4 is 16.6 Å². The summed E-state index contributed by atoms with van der Waals surface area (Å²) >= 11 is 0. The largest absolute Gasteiger partial charge is 0.414 e. The molecule has 4 heteroatoms. The third-order valence-electron chi connectivity index (χ3n) is 4.82. The first-order valence-corrected chi connectivity index (χ1v) is 8.72. The van der Waals surface area contributed by atoms with Crippen molar-refractivity contribution in [2.45, 2.75) is 38.1 Å². The molecule has 3 aromatic rings. The zero-order valence-electron chi connectivity index (χ0n) is 13.9. The molecule has 1 aliphatic carbocycles. The van der Waals surface area contributed by atoms with Crippen LogP contribution in [0.5, 0.6) is 0 Å². The Bertz CT molecular complexity index is 899. The number of rotatable bonds is 3. The fourth-order valence-electron chi connectivity index (χ4n) is 3.62. The SMILES string of the molecule is O=c1[c-]c(NC2CCCCC2)c2ccccc2n1-c1ccccc1.[No]. The van der Waals surface area contributed by atoms with Gasteiger partial charge in [-0.25, -0.2) is 0 Å². The van der Waals surface area contributed by atoms with Crippen molar-refractivity contribution in [3.05, 3.63) is 71.0 Å². The Morgan fingerprint density at radius 2 is 1.60 bits per heavy atom. The standard InChI is InChI=1S/C21H21N2O.No/c24-21-15-19(22-16-9-3-1-4-10-16)18-13-7-8-14-20(18)23(21)17-11-5-2-6-12-17;/h2,5-8,11-14,16,22H,1,3-4,9-10H2;/q-1;. The van der Waals surface area contributed by atoms with Gasteiger partial charge in [-0.15, -0.1) is 17.1 Å². The second-order valence-corrected chi connectivity index (χ2v) is 6.47. The maximum Gasteiger partial charge on any atom is 0.165 e. The number of hydrogen-bond donors (Lipinski definition) is 1. The molecule has 136 valence electrons. The summed E-state index contributed by atoms with van der Waals surface area (Å²) in [6.07, 6.45) is 6.18. The Balaban J connectivity index is 0.00000182. The van der Waals surface area contributed by atoms with Crippen LogP contribution in [0.15, 0.2) is 59.4 Å². The van der Waals surface area contributed by atoms with Crippen LogP contribution in [0.2, 0.25) is 0 Å². The smallest absolute Gasteiger partial charge is 0.165 e. The maximum atomic E-state index is 12.8. The van der Waals surface area contributed by atoms with E-state index in [-0.39, 0.29) is 5.56 Å². The summed E-state index contributed by atoms with van der Waals surface area (Å²) in [4.78, 5) is 12.8. The summed E-state index contributed by atoms with van der Waals surface area (Å²) in [5.41, 5.74) is 2.53. The molecule has 1 aromatic heterocycles. The fourth-order valence-corrected chi connectivity index (χ4v) is 3.62. The number of fused-ring (bicyclic) bond motifs is 1. The van der Waals surface area contributed by atoms with Crippen molar-refractivity contribution in [3.63, 3.8) is 0 Å². The number of para-hydroxylation sites is 2. The van der Waals surface area contributed by atoms with Gasteiger partial charge in [-0.05, 0) is 30.5 Å². The van der Waals surface area contributed by atoms with Crippen molar-refractivity contribution in [2.75, 3.05) is 5.32 Å². The van der Waals surface area contributed by atoms with Crippen molar-refractivity contribution in [2.24, 2.45) is 0 Å². The molecule has 0 amide bonds. The molecule has 3 nitrogen and oxygen atoms in total. The van der Waals surface area contributed by atoms with Crippen LogP contribution in [-0.2, 0) is 0 Å². The van der Waals surface area contributed by atoms with Gasteiger partial charge in [0.2, 0.25) is 0 Å². The normalized spacial score (nSPS) is 14.9. The van der Waals surface area contributed by atoms with Crippen LogP contribution < -0.4 is 10.9 Å². The summed E-state index contributed by atoms with van der Waals surface area (Å²) in [5.74, 6) is 0. The van der Waals surface area contributed by atoms with Crippen molar-refractivity contribution in [1.29, 1.82) is 0 Å². The van der Waals surface area contributed by atoms with Crippen molar-refractivity contribution in [3.8, 4) is 5.69 Å². The van der Waals surface area contributed by atoms with Crippen LogP contribution in [0.4, 0.5) is 5.69 Å². The first-order valence-electron chi connectivity index (χ1n) is 8.72. The summed E-state index contributed by atoms with van der Waals surface area (Å²) in [7, 11) is 0. The van der Waals surface area contributed by atoms with Crippen molar-refractivity contribution in [1.82, 2.24) is 4.57 Å². The van der Waals surface area contributed by atoms with Crippen LogP contribution in [0.1, 0.15) is 32.1 Å². The number of pyridine rings is 1. The van der Waals surface area contributed by atoms with Gasteiger partial charge < -0.3 is 9.88 Å². The third kappa shape index (κ3) is 3.09. The molecule has 0 radical (unpaired) electrons. The van der Waals surface area contributed by atoms with Gasteiger partial charge in [-0.1, -0.05) is 55.7 Å². The van der Waals surface area contributed by atoms with Crippen LogP contribution in [-0.4, -0.2) is 10.6 Å². The summed E-state index contributed by atoms with van der Waals surface area (Å²) in [6.45, 7) is 0. The average molecular weight is 576 g/mol. The van der Waals surface area contributed by atoms with Crippen LogP contribution in [0.3, 0.4) is 0 Å². The predicted octanol–water partition coefficient (Wildman–Crippen LogP) is 4.54. The minimum Gasteiger partial charge on any atom is -0.414 e. The minimum absolute atomic E-state index is 0. The predicted molar refractivity (Wildman–Crippen MR) is 98.9 cm³/mol. The molecule has 25 heavy (non-hydrogen) atoms. The van der Waals surface area contributed by atoms with Crippen molar-refractivity contribution < 1.29 is 0 Å². The second kappa shape index (κ2) is 6.91. The van der Waals surface area contributed by atoms with Gasteiger partial charge in [-0.2, -0.15) is 6.07 Å². The summed E-state index contributed by atoms with van der Waals surface area (Å²) in [6, 6.07) is 21.3. The zero-order chi connectivity index (χ0) is 16.4.